The summed E-state index contributed by atoms with van der Waals surface area (Å²) in [7, 11) is 0. The number of hydrogen-bond donors (Lipinski definition) is 3. The topological polar surface area (TPSA) is 108 Å². The second-order valence-electron chi connectivity index (χ2n) is 10.6. The lowest BCUT2D eigenvalue weighted by atomic mass is 9.70. The van der Waals surface area contributed by atoms with Crippen molar-refractivity contribution < 1.29 is 24.2 Å². The summed E-state index contributed by atoms with van der Waals surface area (Å²) in [5.41, 5.74) is 0.0477. The number of carbonyl (C=O) groups is 3. The average molecular weight is 500 g/mol. The lowest BCUT2D eigenvalue weighted by Gasteiger charge is -2.34. The molecule has 198 valence electrons. The van der Waals surface area contributed by atoms with Gasteiger partial charge in [-0.3, -0.25) is 14.4 Å². The molecule has 0 saturated carbocycles. The molecule has 1 aromatic carbocycles. The monoisotopic (exact) mass is 499 g/mol. The Hall–Kier alpha value is -2.45. The van der Waals surface area contributed by atoms with Gasteiger partial charge in [-0.05, 0) is 44.6 Å². The fourth-order valence-electron chi connectivity index (χ4n) is 6.47. The van der Waals surface area contributed by atoms with Crippen LogP contribution in [0.4, 0.5) is 0 Å². The quantitative estimate of drug-likeness (QED) is 0.362. The van der Waals surface area contributed by atoms with E-state index in [0.29, 0.717) is 25.9 Å². The Morgan fingerprint density at radius 3 is 2.64 bits per heavy atom. The Labute approximate surface area is 214 Å². The molecule has 0 aromatic heterocycles. The van der Waals surface area contributed by atoms with Crippen molar-refractivity contribution in [3.63, 3.8) is 0 Å². The van der Waals surface area contributed by atoms with Crippen LogP contribution in [0.2, 0.25) is 0 Å². The zero-order valence-electron chi connectivity index (χ0n) is 21.6. The SMILES string of the molecule is CCCC(C)NC(=O)C1N(CCCCCCO)C(=O)[C@@H]2[C@H](C(=O)NCc3ccccc3)[C@@H]3CCC12O3. The summed E-state index contributed by atoms with van der Waals surface area (Å²) in [6.45, 7) is 5.07. The minimum atomic E-state index is -0.947. The lowest BCUT2D eigenvalue weighted by Crippen LogP contribution is -2.56. The fourth-order valence-corrected chi connectivity index (χ4v) is 6.47. The highest BCUT2D eigenvalue weighted by atomic mass is 16.5. The van der Waals surface area contributed by atoms with Gasteiger partial charge in [-0.15, -0.1) is 0 Å². The molecule has 3 aliphatic heterocycles. The predicted molar refractivity (Wildman–Crippen MR) is 136 cm³/mol. The van der Waals surface area contributed by atoms with Crippen LogP contribution >= 0.6 is 0 Å². The van der Waals surface area contributed by atoms with Gasteiger partial charge in [0.2, 0.25) is 17.7 Å². The smallest absolute Gasteiger partial charge is 0.246 e. The molecule has 3 amide bonds. The number of nitrogens with one attached hydrogen (secondary N) is 2. The minimum Gasteiger partial charge on any atom is -0.396 e. The Morgan fingerprint density at radius 2 is 1.92 bits per heavy atom. The number of aliphatic hydroxyl groups is 1. The van der Waals surface area contributed by atoms with Crippen molar-refractivity contribution >= 4 is 17.7 Å². The van der Waals surface area contributed by atoms with Gasteiger partial charge in [0.15, 0.2) is 0 Å². The second-order valence-corrected chi connectivity index (χ2v) is 10.6. The van der Waals surface area contributed by atoms with Crippen LogP contribution in [-0.4, -0.2) is 64.7 Å². The van der Waals surface area contributed by atoms with E-state index in [2.05, 4.69) is 17.6 Å². The normalized spacial score (nSPS) is 29.3. The summed E-state index contributed by atoms with van der Waals surface area (Å²) in [5.74, 6) is -1.71. The molecule has 3 aliphatic rings. The number of amides is 3. The number of benzene rings is 1. The molecular weight excluding hydrogens is 458 g/mol. The van der Waals surface area contributed by atoms with Gasteiger partial charge in [0.25, 0.3) is 0 Å². The van der Waals surface area contributed by atoms with E-state index in [0.717, 1.165) is 44.1 Å². The number of rotatable bonds is 13. The number of ether oxygens (including phenoxy) is 1. The van der Waals surface area contributed by atoms with Crippen molar-refractivity contribution in [1.82, 2.24) is 15.5 Å². The van der Waals surface area contributed by atoms with E-state index in [1.807, 2.05) is 37.3 Å². The maximum atomic E-state index is 13.9. The van der Waals surface area contributed by atoms with Crippen molar-refractivity contribution in [3.8, 4) is 0 Å². The van der Waals surface area contributed by atoms with E-state index >= 15 is 0 Å². The van der Waals surface area contributed by atoms with Crippen molar-refractivity contribution in [2.75, 3.05) is 13.2 Å². The highest BCUT2D eigenvalue weighted by molar-refractivity contribution is 5.99. The van der Waals surface area contributed by atoms with Crippen molar-refractivity contribution in [3.05, 3.63) is 35.9 Å². The molecule has 36 heavy (non-hydrogen) atoms. The molecule has 1 aromatic rings. The van der Waals surface area contributed by atoms with Crippen LogP contribution in [0.1, 0.15) is 70.8 Å². The van der Waals surface area contributed by atoms with Crippen molar-refractivity contribution in [2.45, 2.75) is 95.5 Å². The van der Waals surface area contributed by atoms with Gasteiger partial charge < -0.3 is 25.4 Å². The van der Waals surface area contributed by atoms with Gasteiger partial charge in [0, 0.05) is 25.7 Å². The minimum absolute atomic E-state index is 0.00280. The molecular formula is C28H41N3O5. The molecule has 0 aliphatic carbocycles. The Bertz CT molecular complexity index is 925. The first-order valence-corrected chi connectivity index (χ1v) is 13.6. The first-order valence-electron chi connectivity index (χ1n) is 13.6. The van der Waals surface area contributed by atoms with Crippen molar-refractivity contribution in [2.24, 2.45) is 11.8 Å². The molecule has 3 heterocycles. The first kappa shape index (κ1) is 26.6. The van der Waals surface area contributed by atoms with Crippen molar-refractivity contribution in [1.29, 1.82) is 0 Å². The summed E-state index contributed by atoms with van der Waals surface area (Å²) in [4.78, 5) is 42.5. The number of fused-ring (bicyclic) bond motifs is 1. The summed E-state index contributed by atoms with van der Waals surface area (Å²) >= 11 is 0. The molecule has 8 heteroatoms. The van der Waals surface area contributed by atoms with Gasteiger partial charge in [-0.25, -0.2) is 0 Å². The standard InChI is InChI=1S/C28H41N3O5/c1-3-11-19(2)30-26(34)24-28-15-14-21(36-28)22(25(33)29-18-20-12-7-6-8-13-20)23(28)27(35)31(24)16-9-4-5-10-17-32/h6-8,12-13,19,21-24,32H,3-5,9-11,14-18H2,1-2H3,(H,29,33)(H,30,34)/t19?,21-,22+,23-,24?,28?/m0/s1. The number of nitrogens with zero attached hydrogens (tertiary/aromatic N) is 1. The Kier molecular flexibility index (Phi) is 8.67. The lowest BCUT2D eigenvalue weighted by molar-refractivity contribution is -0.142. The Morgan fingerprint density at radius 1 is 1.17 bits per heavy atom. The van der Waals surface area contributed by atoms with Crippen LogP contribution in [0.5, 0.6) is 0 Å². The molecule has 2 bridgehead atoms. The molecule has 4 rings (SSSR count). The third kappa shape index (κ3) is 5.16. The molecule has 6 atom stereocenters. The van der Waals surface area contributed by atoms with E-state index in [1.165, 1.54) is 0 Å². The van der Waals surface area contributed by atoms with E-state index in [-0.39, 0.29) is 36.5 Å². The fraction of sp³-hybridized carbons (Fsp3) is 0.679. The number of carbonyl (C=O) groups excluding carboxylic acids is 3. The van der Waals surface area contributed by atoms with Crippen LogP contribution in [0.15, 0.2) is 30.3 Å². The van der Waals surface area contributed by atoms with E-state index < -0.39 is 23.5 Å². The molecule has 3 saturated heterocycles. The molecule has 3 unspecified atom stereocenters. The summed E-state index contributed by atoms with van der Waals surface area (Å²) < 4.78 is 6.47. The highest BCUT2D eigenvalue weighted by Crippen LogP contribution is 2.58. The summed E-state index contributed by atoms with van der Waals surface area (Å²) in [5, 5.41) is 15.2. The number of aliphatic hydroxyl groups excluding tert-OH is 1. The Balaban J connectivity index is 1.53. The van der Waals surface area contributed by atoms with Gasteiger partial charge in [0.05, 0.1) is 17.9 Å². The predicted octanol–water partition coefficient (Wildman–Crippen LogP) is 2.53. The molecule has 3 N–H and O–H groups in total. The zero-order valence-corrected chi connectivity index (χ0v) is 21.6. The van der Waals surface area contributed by atoms with E-state index in [1.54, 1.807) is 4.90 Å². The second kappa shape index (κ2) is 11.7. The van der Waals surface area contributed by atoms with Crippen LogP contribution in [0.25, 0.3) is 0 Å². The van der Waals surface area contributed by atoms with Crippen LogP contribution in [0, 0.1) is 11.8 Å². The van der Waals surface area contributed by atoms with Crippen LogP contribution < -0.4 is 10.6 Å². The molecule has 3 fully saturated rings. The van der Waals surface area contributed by atoms with Crippen LogP contribution in [0.3, 0.4) is 0 Å². The molecule has 0 radical (unpaired) electrons. The first-order chi connectivity index (χ1) is 17.4. The van der Waals surface area contributed by atoms with Gasteiger partial charge in [0.1, 0.15) is 11.6 Å². The third-order valence-corrected chi connectivity index (χ3v) is 8.08. The maximum Gasteiger partial charge on any atom is 0.246 e. The van der Waals surface area contributed by atoms with Gasteiger partial charge >= 0.3 is 0 Å². The number of unbranched alkanes of at least 4 members (excludes halogenated alkanes) is 3. The van der Waals surface area contributed by atoms with Gasteiger partial charge in [-0.1, -0.05) is 56.5 Å². The average Bonchev–Trinajstić information content (AvgIpc) is 3.50. The summed E-state index contributed by atoms with van der Waals surface area (Å²) in [6, 6.07) is 8.98. The third-order valence-electron chi connectivity index (χ3n) is 8.08. The number of hydrogen-bond acceptors (Lipinski definition) is 5. The van der Waals surface area contributed by atoms with Crippen LogP contribution in [-0.2, 0) is 25.7 Å². The highest BCUT2D eigenvalue weighted by Gasteiger charge is 2.74. The molecule has 8 nitrogen and oxygen atoms in total. The zero-order chi connectivity index (χ0) is 25.7. The maximum absolute atomic E-state index is 13.9. The van der Waals surface area contributed by atoms with Gasteiger partial charge in [-0.2, -0.15) is 0 Å². The largest absolute Gasteiger partial charge is 0.396 e. The number of likely N-dealkylation sites (tertiary alicyclic amines) is 1. The molecule has 1 spiro atoms. The summed E-state index contributed by atoms with van der Waals surface area (Å²) in [6.07, 6.45) is 5.97. The van der Waals surface area contributed by atoms with E-state index in [9.17, 15) is 14.4 Å². The van der Waals surface area contributed by atoms with E-state index in [4.69, 9.17) is 9.84 Å².